The number of nitrogens with one attached hydrogen (secondary N) is 2. The molecule has 4 aromatic heterocycles. The van der Waals surface area contributed by atoms with Crippen molar-refractivity contribution in [3.8, 4) is 17.0 Å². The molecule has 2 N–H and O–H groups in total. The molecule has 0 aliphatic heterocycles. The van der Waals surface area contributed by atoms with Crippen LogP contribution in [0, 0.1) is 0 Å². The predicted molar refractivity (Wildman–Crippen MR) is 132 cm³/mol. The molecule has 32 heavy (non-hydrogen) atoms. The molecular formula is C20H26B3N7O2. The highest BCUT2D eigenvalue weighted by Crippen LogP contribution is 2.35. The number of aromatic nitrogens is 6. The lowest BCUT2D eigenvalue weighted by Crippen LogP contribution is -2.38. The van der Waals surface area contributed by atoms with E-state index in [0.717, 1.165) is 53.5 Å². The van der Waals surface area contributed by atoms with E-state index in [0.29, 0.717) is 24.0 Å². The van der Waals surface area contributed by atoms with Crippen molar-refractivity contribution in [3.63, 3.8) is 0 Å². The summed E-state index contributed by atoms with van der Waals surface area (Å²) in [6, 6.07) is 4.29. The molecule has 1 fully saturated rings. The maximum Gasteiger partial charge on any atom is 0.228 e. The molecule has 4 aromatic rings. The van der Waals surface area contributed by atoms with Crippen molar-refractivity contribution >= 4 is 46.2 Å². The Morgan fingerprint density at radius 2 is 1.97 bits per heavy atom. The van der Waals surface area contributed by atoms with Crippen LogP contribution in [0.5, 0.6) is 5.88 Å². The van der Waals surface area contributed by atoms with Gasteiger partial charge in [0.1, 0.15) is 35.5 Å². The summed E-state index contributed by atoms with van der Waals surface area (Å²) >= 11 is 0. The molecule has 0 aromatic carbocycles. The van der Waals surface area contributed by atoms with E-state index in [1.54, 1.807) is 13.4 Å². The number of fused-ring (bicyclic) bond motifs is 2. The van der Waals surface area contributed by atoms with Crippen LogP contribution in [0.1, 0.15) is 25.7 Å². The minimum Gasteiger partial charge on any atom is -0.498 e. The molecule has 0 spiro atoms. The van der Waals surface area contributed by atoms with Crippen molar-refractivity contribution in [2.24, 2.45) is 0 Å². The quantitative estimate of drug-likeness (QED) is 0.414. The highest BCUT2D eigenvalue weighted by atomic mass is 16.5. The van der Waals surface area contributed by atoms with Crippen molar-refractivity contribution in [2.75, 3.05) is 12.4 Å². The smallest absolute Gasteiger partial charge is 0.228 e. The van der Waals surface area contributed by atoms with Crippen molar-refractivity contribution in [3.05, 3.63) is 30.9 Å². The minimum absolute atomic E-state index is 0.326. The van der Waals surface area contributed by atoms with E-state index in [1.807, 2.05) is 52.5 Å². The normalized spacial score (nSPS) is 19.4. The van der Waals surface area contributed by atoms with Crippen LogP contribution in [0.2, 0.25) is 0 Å². The second-order valence-corrected chi connectivity index (χ2v) is 9.36. The van der Waals surface area contributed by atoms with E-state index in [2.05, 4.69) is 20.5 Å². The van der Waals surface area contributed by atoms with E-state index in [1.165, 1.54) is 0 Å². The molecular weight excluding hydrogens is 403 g/mol. The summed E-state index contributed by atoms with van der Waals surface area (Å²) in [5, 5.41) is 12.0. The molecule has 1 saturated carbocycles. The Labute approximate surface area is 188 Å². The maximum atomic E-state index is 6.31. The number of methoxy groups -OCH3 is 1. The fourth-order valence-corrected chi connectivity index (χ4v) is 4.27. The van der Waals surface area contributed by atoms with E-state index in [-0.39, 0.29) is 0 Å². The van der Waals surface area contributed by atoms with Gasteiger partial charge in [0.15, 0.2) is 5.65 Å². The van der Waals surface area contributed by atoms with Crippen LogP contribution >= 0.6 is 0 Å². The number of hydrogen-bond donors (Lipinski definition) is 2. The fraction of sp³-hybridized carbons (Fsp3) is 0.400. The third kappa shape index (κ3) is 4.19. The SMILES string of the molecule is BC(B)(B)Oc1nc(N[C@H]2CC[C@@H](OC)CC2)nc2[nH]cc(-c3ccc4nncn4c3)c12. The third-order valence-corrected chi connectivity index (χ3v) is 5.84. The predicted octanol–water partition coefficient (Wildman–Crippen LogP) is -0.0735. The van der Waals surface area contributed by atoms with Gasteiger partial charge in [0.25, 0.3) is 0 Å². The number of rotatable bonds is 6. The molecule has 0 saturated heterocycles. The van der Waals surface area contributed by atoms with Crippen LogP contribution in [-0.2, 0) is 4.74 Å². The van der Waals surface area contributed by atoms with E-state index in [9.17, 15) is 0 Å². The van der Waals surface area contributed by atoms with Crippen LogP contribution in [0.15, 0.2) is 30.9 Å². The molecule has 0 unspecified atom stereocenters. The average Bonchev–Trinajstić information content (AvgIpc) is 3.39. The highest BCUT2D eigenvalue weighted by molar-refractivity contribution is 6.58. The summed E-state index contributed by atoms with van der Waals surface area (Å²) in [7, 11) is 7.86. The van der Waals surface area contributed by atoms with Gasteiger partial charge in [-0.25, -0.2) is 0 Å². The van der Waals surface area contributed by atoms with Gasteiger partial charge >= 0.3 is 0 Å². The summed E-state index contributed by atoms with van der Waals surface area (Å²) < 4.78 is 13.7. The Kier molecular flexibility index (Phi) is 5.32. The molecule has 12 heteroatoms. The van der Waals surface area contributed by atoms with E-state index in [4.69, 9.17) is 19.4 Å². The van der Waals surface area contributed by atoms with Gasteiger partial charge in [-0.3, -0.25) is 4.40 Å². The molecule has 9 nitrogen and oxygen atoms in total. The zero-order valence-corrected chi connectivity index (χ0v) is 18.9. The number of H-pyrrole nitrogens is 1. The zero-order chi connectivity index (χ0) is 22.3. The van der Waals surface area contributed by atoms with Crippen LogP contribution in [-0.4, -0.2) is 77.6 Å². The highest BCUT2D eigenvalue weighted by Gasteiger charge is 2.24. The lowest BCUT2D eigenvalue weighted by atomic mass is 9.52. The largest absolute Gasteiger partial charge is 0.498 e. The number of pyridine rings is 1. The van der Waals surface area contributed by atoms with Crippen LogP contribution < -0.4 is 10.1 Å². The van der Waals surface area contributed by atoms with Crippen molar-refractivity contribution in [2.45, 2.75) is 43.1 Å². The summed E-state index contributed by atoms with van der Waals surface area (Å²) in [6.07, 6.45) is 10.1. The number of hydrogen-bond acceptors (Lipinski definition) is 7. The second-order valence-electron chi connectivity index (χ2n) is 9.36. The van der Waals surface area contributed by atoms with E-state index < -0.39 is 5.30 Å². The lowest BCUT2D eigenvalue weighted by molar-refractivity contribution is 0.0681. The van der Waals surface area contributed by atoms with Crippen LogP contribution in [0.4, 0.5) is 5.95 Å². The molecule has 0 radical (unpaired) electrons. The topological polar surface area (TPSA) is 102 Å². The second kappa shape index (κ2) is 8.16. The first-order chi connectivity index (χ1) is 15.4. The Balaban J connectivity index is 1.53. The lowest BCUT2D eigenvalue weighted by Gasteiger charge is -2.28. The third-order valence-electron chi connectivity index (χ3n) is 5.84. The van der Waals surface area contributed by atoms with Crippen molar-refractivity contribution in [1.29, 1.82) is 0 Å². The molecule has 0 amide bonds. The first kappa shape index (κ1) is 20.9. The van der Waals surface area contributed by atoms with Gasteiger partial charge in [-0.05, 0) is 37.8 Å². The van der Waals surface area contributed by atoms with Gasteiger partial charge in [0, 0.05) is 42.0 Å². The first-order valence-corrected chi connectivity index (χ1v) is 11.1. The maximum absolute atomic E-state index is 6.31. The average molecular weight is 429 g/mol. The molecule has 5 rings (SSSR count). The molecule has 0 atom stereocenters. The molecule has 1 aliphatic carbocycles. The standard InChI is InChI=1S/C20H26B3N7O2/c1-31-13-5-3-12(4-6-13)26-19-27-17-16(18(28-19)32-20(21,22)23)14(8-24-17)11-2-7-15-29-25-10-30(15)9-11/h2,7-10,12-13H,3-6,21-23H2,1H3,(H2,24,26,27,28)/t12-,13+. The van der Waals surface area contributed by atoms with Gasteiger partial charge < -0.3 is 19.8 Å². The molecule has 4 heterocycles. The Hall–Kier alpha value is -3.01. The van der Waals surface area contributed by atoms with Gasteiger partial charge in [0.05, 0.1) is 11.5 Å². The monoisotopic (exact) mass is 429 g/mol. The molecule has 1 aliphatic rings. The summed E-state index contributed by atoms with van der Waals surface area (Å²) in [6.45, 7) is 0. The van der Waals surface area contributed by atoms with Gasteiger partial charge in [-0.2, -0.15) is 9.97 Å². The zero-order valence-electron chi connectivity index (χ0n) is 18.9. The number of ether oxygens (including phenoxy) is 2. The summed E-state index contributed by atoms with van der Waals surface area (Å²) in [5.41, 5.74) is 3.52. The molecule has 162 valence electrons. The Morgan fingerprint density at radius 1 is 1.16 bits per heavy atom. The van der Waals surface area contributed by atoms with E-state index >= 15 is 0 Å². The number of anilines is 1. The summed E-state index contributed by atoms with van der Waals surface area (Å²) in [4.78, 5) is 12.9. The fourth-order valence-electron chi connectivity index (χ4n) is 4.27. The van der Waals surface area contributed by atoms with Crippen molar-refractivity contribution < 1.29 is 9.47 Å². The van der Waals surface area contributed by atoms with Crippen LogP contribution in [0.25, 0.3) is 27.8 Å². The first-order valence-electron chi connectivity index (χ1n) is 11.1. The summed E-state index contributed by atoms with van der Waals surface area (Å²) in [5.74, 6) is 1.15. The van der Waals surface area contributed by atoms with Gasteiger partial charge in [0.2, 0.25) is 11.8 Å². The Bertz CT molecular complexity index is 1250. The Morgan fingerprint density at radius 3 is 2.72 bits per heavy atom. The molecule has 0 bridgehead atoms. The van der Waals surface area contributed by atoms with Crippen LogP contribution in [0.3, 0.4) is 0 Å². The minimum atomic E-state index is -0.401. The number of nitrogens with zero attached hydrogens (tertiary/aromatic N) is 5. The van der Waals surface area contributed by atoms with Gasteiger partial charge in [-0.1, -0.05) is 0 Å². The van der Waals surface area contributed by atoms with Gasteiger partial charge in [-0.15, -0.1) is 10.2 Å². The van der Waals surface area contributed by atoms with Crippen molar-refractivity contribution in [1.82, 2.24) is 29.5 Å². The number of aromatic amines is 1.